The molecule has 1 aliphatic rings. The number of carbonyl (C=O) groups excluding carboxylic acids is 1. The van der Waals surface area contributed by atoms with Crippen molar-refractivity contribution < 1.29 is 13.2 Å². The van der Waals surface area contributed by atoms with Crippen LogP contribution in [0.5, 0.6) is 0 Å². The van der Waals surface area contributed by atoms with E-state index in [9.17, 15) is 13.2 Å². The number of amides is 1. The van der Waals surface area contributed by atoms with Crippen LogP contribution in [0.1, 0.15) is 66.9 Å². The van der Waals surface area contributed by atoms with Gasteiger partial charge in [0.05, 0.1) is 4.90 Å². The van der Waals surface area contributed by atoms with Gasteiger partial charge in [-0.25, -0.2) is 8.42 Å². The predicted molar refractivity (Wildman–Crippen MR) is 117 cm³/mol. The highest BCUT2D eigenvalue weighted by Crippen LogP contribution is 2.24. The van der Waals surface area contributed by atoms with Gasteiger partial charge in [-0.05, 0) is 61.1 Å². The van der Waals surface area contributed by atoms with Gasteiger partial charge in [-0.2, -0.15) is 4.31 Å². The van der Waals surface area contributed by atoms with Gasteiger partial charge < -0.3 is 5.32 Å². The molecule has 2 aromatic rings. The highest BCUT2D eigenvalue weighted by Gasteiger charge is 2.26. The Kier molecular flexibility index (Phi) is 6.75. The number of nitrogens with zero attached hydrogens (tertiary/aromatic N) is 1. The summed E-state index contributed by atoms with van der Waals surface area (Å²) < 4.78 is 27.7. The van der Waals surface area contributed by atoms with Crippen LogP contribution in [0.25, 0.3) is 0 Å². The molecule has 1 saturated heterocycles. The Morgan fingerprint density at radius 2 is 1.59 bits per heavy atom. The lowest BCUT2D eigenvalue weighted by Crippen LogP contribution is -2.32. The van der Waals surface area contributed by atoms with Crippen molar-refractivity contribution in [1.29, 1.82) is 0 Å². The lowest BCUT2D eigenvalue weighted by molar-refractivity contribution is 0.102. The number of hydrogen-bond donors (Lipinski definition) is 1. The van der Waals surface area contributed by atoms with Crippen molar-refractivity contribution >= 4 is 21.6 Å². The highest BCUT2D eigenvalue weighted by molar-refractivity contribution is 7.89. The molecular formula is C23H30N2O3S. The fraction of sp³-hybridized carbons (Fsp3) is 0.435. The summed E-state index contributed by atoms with van der Waals surface area (Å²) in [5.74, 6) is 0.121. The number of anilines is 1. The first-order valence-electron chi connectivity index (χ1n) is 10.3. The Bertz CT molecular complexity index is 958. The van der Waals surface area contributed by atoms with Gasteiger partial charge in [0, 0.05) is 24.3 Å². The van der Waals surface area contributed by atoms with Crippen LogP contribution in [0.15, 0.2) is 47.4 Å². The molecule has 6 heteroatoms. The van der Waals surface area contributed by atoms with E-state index >= 15 is 0 Å². The first-order chi connectivity index (χ1) is 13.8. The van der Waals surface area contributed by atoms with Gasteiger partial charge in [-0.15, -0.1) is 0 Å². The Morgan fingerprint density at radius 1 is 0.966 bits per heavy atom. The van der Waals surface area contributed by atoms with E-state index in [0.717, 1.165) is 31.2 Å². The third kappa shape index (κ3) is 5.06. The number of sulfonamides is 1. The average molecular weight is 415 g/mol. The smallest absolute Gasteiger partial charge is 0.255 e. The number of benzene rings is 2. The van der Waals surface area contributed by atoms with E-state index in [1.807, 2.05) is 31.2 Å². The largest absolute Gasteiger partial charge is 0.322 e. The van der Waals surface area contributed by atoms with Crippen LogP contribution < -0.4 is 5.32 Å². The second kappa shape index (κ2) is 9.09. The topological polar surface area (TPSA) is 66.5 Å². The lowest BCUT2D eigenvalue weighted by atomic mass is 10.0. The maximum absolute atomic E-state index is 13.1. The summed E-state index contributed by atoms with van der Waals surface area (Å²) in [7, 11) is -3.59. The van der Waals surface area contributed by atoms with Crippen molar-refractivity contribution in [2.75, 3.05) is 18.4 Å². The monoisotopic (exact) mass is 414 g/mol. The fourth-order valence-corrected chi connectivity index (χ4v) is 5.13. The quantitative estimate of drug-likeness (QED) is 0.754. The van der Waals surface area contributed by atoms with Gasteiger partial charge in [-0.1, -0.05) is 44.9 Å². The zero-order valence-electron chi connectivity index (χ0n) is 17.4. The minimum Gasteiger partial charge on any atom is -0.322 e. The molecule has 1 N–H and O–H groups in total. The summed E-state index contributed by atoms with van der Waals surface area (Å²) in [4.78, 5) is 13.0. The summed E-state index contributed by atoms with van der Waals surface area (Å²) >= 11 is 0. The Balaban J connectivity index is 1.83. The molecule has 0 spiro atoms. The molecular weight excluding hydrogens is 384 g/mol. The molecule has 5 nitrogen and oxygen atoms in total. The Labute approximate surface area is 174 Å². The summed E-state index contributed by atoms with van der Waals surface area (Å²) in [6.07, 6.45) is 3.88. The van der Waals surface area contributed by atoms with E-state index in [-0.39, 0.29) is 10.8 Å². The Morgan fingerprint density at radius 3 is 2.17 bits per heavy atom. The van der Waals surface area contributed by atoms with Crippen LogP contribution in [0.2, 0.25) is 0 Å². The molecule has 2 aromatic carbocycles. The van der Waals surface area contributed by atoms with Crippen molar-refractivity contribution in [1.82, 2.24) is 4.31 Å². The molecule has 1 heterocycles. The molecule has 1 aliphatic heterocycles. The van der Waals surface area contributed by atoms with Gasteiger partial charge in [0.15, 0.2) is 0 Å². The Hall–Kier alpha value is -2.18. The number of aryl methyl sites for hydroxylation is 1. The molecule has 0 aromatic heterocycles. The summed E-state index contributed by atoms with van der Waals surface area (Å²) in [6.45, 7) is 7.14. The van der Waals surface area contributed by atoms with E-state index in [2.05, 4.69) is 19.2 Å². The standard InChI is InChI=1S/C23H30N2O3S/c1-17(2)19-9-11-20(12-10-19)24-23(26)22-16-21(13-8-18(22)3)29(27,28)25-14-6-4-5-7-15-25/h8-13,16-17H,4-7,14-15H2,1-3H3,(H,24,26). The second-order valence-corrected chi connectivity index (χ2v) is 9.96. The number of carbonyl (C=O) groups is 1. The van der Waals surface area contributed by atoms with Gasteiger partial charge in [0.1, 0.15) is 0 Å². The molecule has 1 fully saturated rings. The van der Waals surface area contributed by atoms with Gasteiger partial charge in [-0.3, -0.25) is 4.79 Å². The minimum absolute atomic E-state index is 0.185. The molecule has 1 amide bonds. The molecule has 0 saturated carbocycles. The fourth-order valence-electron chi connectivity index (χ4n) is 3.59. The van der Waals surface area contributed by atoms with Gasteiger partial charge in [0.25, 0.3) is 5.91 Å². The van der Waals surface area contributed by atoms with Crippen LogP contribution in [-0.4, -0.2) is 31.7 Å². The minimum atomic E-state index is -3.59. The highest BCUT2D eigenvalue weighted by atomic mass is 32.2. The van der Waals surface area contributed by atoms with Crippen LogP contribution in [0, 0.1) is 6.92 Å². The zero-order valence-corrected chi connectivity index (χ0v) is 18.3. The second-order valence-electron chi connectivity index (χ2n) is 8.03. The van der Waals surface area contributed by atoms with Crippen molar-refractivity contribution in [3.8, 4) is 0 Å². The van der Waals surface area contributed by atoms with E-state index in [1.165, 1.54) is 11.6 Å². The van der Waals surface area contributed by atoms with Crippen molar-refractivity contribution in [3.63, 3.8) is 0 Å². The van der Waals surface area contributed by atoms with Crippen molar-refractivity contribution in [3.05, 3.63) is 59.2 Å². The molecule has 29 heavy (non-hydrogen) atoms. The third-order valence-electron chi connectivity index (χ3n) is 5.49. The SMILES string of the molecule is Cc1ccc(S(=O)(=O)N2CCCCCC2)cc1C(=O)Nc1ccc(C(C)C)cc1. The van der Waals surface area contributed by atoms with E-state index < -0.39 is 10.0 Å². The van der Waals surface area contributed by atoms with Gasteiger partial charge in [0.2, 0.25) is 10.0 Å². The van der Waals surface area contributed by atoms with Crippen LogP contribution >= 0.6 is 0 Å². The zero-order chi connectivity index (χ0) is 21.0. The molecule has 0 unspecified atom stereocenters. The summed E-state index contributed by atoms with van der Waals surface area (Å²) in [6, 6.07) is 12.6. The normalized spacial score (nSPS) is 15.9. The number of nitrogens with one attached hydrogen (secondary N) is 1. The van der Waals surface area contributed by atoms with Crippen LogP contribution in [0.3, 0.4) is 0 Å². The lowest BCUT2D eigenvalue weighted by Gasteiger charge is -2.20. The van der Waals surface area contributed by atoms with E-state index in [4.69, 9.17) is 0 Å². The molecule has 156 valence electrons. The molecule has 0 bridgehead atoms. The summed E-state index contributed by atoms with van der Waals surface area (Å²) in [5, 5.41) is 2.89. The first-order valence-corrected chi connectivity index (χ1v) is 11.7. The predicted octanol–water partition coefficient (Wildman–Crippen LogP) is 4.94. The third-order valence-corrected chi connectivity index (χ3v) is 7.39. The van der Waals surface area contributed by atoms with Crippen LogP contribution in [0.4, 0.5) is 5.69 Å². The maximum atomic E-state index is 13.1. The summed E-state index contributed by atoms with van der Waals surface area (Å²) in [5.41, 5.74) is 3.02. The van der Waals surface area contributed by atoms with Crippen molar-refractivity contribution in [2.24, 2.45) is 0 Å². The van der Waals surface area contributed by atoms with Crippen LogP contribution in [-0.2, 0) is 10.0 Å². The van der Waals surface area contributed by atoms with E-state index in [1.54, 1.807) is 16.4 Å². The van der Waals surface area contributed by atoms with Gasteiger partial charge >= 0.3 is 0 Å². The number of rotatable bonds is 5. The molecule has 0 radical (unpaired) electrons. The number of hydrogen-bond acceptors (Lipinski definition) is 3. The van der Waals surface area contributed by atoms with Crippen molar-refractivity contribution in [2.45, 2.75) is 57.3 Å². The van der Waals surface area contributed by atoms with E-state index in [0.29, 0.717) is 30.3 Å². The average Bonchev–Trinajstić information content (AvgIpc) is 2.98. The first kappa shape index (κ1) is 21.5. The molecule has 0 atom stereocenters. The molecule has 0 aliphatic carbocycles. The maximum Gasteiger partial charge on any atom is 0.255 e. The molecule has 3 rings (SSSR count).